The van der Waals surface area contributed by atoms with E-state index < -0.39 is 17.7 Å². The first-order valence-electron chi connectivity index (χ1n) is 11.7. The van der Waals surface area contributed by atoms with Crippen LogP contribution in [0.5, 0.6) is 23.0 Å². The predicted octanol–water partition coefficient (Wildman–Crippen LogP) is 5.04. The summed E-state index contributed by atoms with van der Waals surface area (Å²) in [6, 6.07) is 15.4. The maximum Gasteiger partial charge on any atom is 0.301 e. The van der Waals surface area contributed by atoms with E-state index in [0.717, 1.165) is 4.70 Å². The molecule has 1 aromatic heterocycles. The molecule has 4 aromatic rings. The number of ether oxygens (including phenoxy) is 3. The Bertz CT molecular complexity index is 1580. The van der Waals surface area contributed by atoms with E-state index in [9.17, 15) is 19.8 Å². The number of hydrogen-bond donors (Lipinski definition) is 2. The highest BCUT2D eigenvalue weighted by molar-refractivity contribution is 7.22. The Balaban J connectivity index is 1.72. The van der Waals surface area contributed by atoms with Crippen LogP contribution in [0.2, 0.25) is 0 Å². The number of carbonyl (C=O) groups excluding carboxylic acids is 2. The smallest absolute Gasteiger partial charge is 0.301 e. The van der Waals surface area contributed by atoms with Gasteiger partial charge in [-0.2, -0.15) is 0 Å². The molecule has 194 valence electrons. The lowest BCUT2D eigenvalue weighted by molar-refractivity contribution is -0.132. The molecule has 0 bridgehead atoms. The molecule has 9 nitrogen and oxygen atoms in total. The topological polar surface area (TPSA) is 118 Å². The molecule has 1 aliphatic heterocycles. The number of phenols is 1. The normalized spacial score (nSPS) is 16.7. The van der Waals surface area contributed by atoms with Crippen molar-refractivity contribution in [3.63, 3.8) is 0 Å². The Kier molecular flexibility index (Phi) is 6.64. The average molecular weight is 533 g/mol. The molecule has 38 heavy (non-hydrogen) atoms. The number of thiazole rings is 1. The van der Waals surface area contributed by atoms with Crippen LogP contribution in [0.4, 0.5) is 5.13 Å². The second kappa shape index (κ2) is 10.1. The third-order valence-corrected chi connectivity index (χ3v) is 7.22. The van der Waals surface area contributed by atoms with E-state index in [4.69, 9.17) is 14.2 Å². The standard InChI is InChI=1S/C28H24N2O7S/c1-4-37-21-13-16(7-12-20(21)31)24-23(25(32)15-5-8-17(35-2)9-6-15)26(33)27(34)30(24)28-29-19-11-10-18(36-3)14-22(19)38-28/h5-14,24,31-32H,4H2,1-3H3. The number of carbonyl (C=O) groups is 2. The molecule has 3 aromatic carbocycles. The number of fused-ring (bicyclic) bond motifs is 1. The van der Waals surface area contributed by atoms with Gasteiger partial charge in [0.05, 0.1) is 42.7 Å². The zero-order valence-corrected chi connectivity index (χ0v) is 21.6. The number of aliphatic hydroxyl groups is 1. The lowest BCUT2D eigenvalue weighted by Crippen LogP contribution is -2.29. The molecule has 0 radical (unpaired) electrons. The number of Topliss-reactive ketones (excluding diaryl/α,β-unsaturated/α-hetero) is 1. The van der Waals surface area contributed by atoms with Crippen LogP contribution in [0.25, 0.3) is 16.0 Å². The maximum absolute atomic E-state index is 13.5. The Morgan fingerprint density at radius 3 is 2.39 bits per heavy atom. The first kappa shape index (κ1) is 25.1. The summed E-state index contributed by atoms with van der Waals surface area (Å²) in [7, 11) is 3.08. The van der Waals surface area contributed by atoms with E-state index in [2.05, 4.69) is 4.98 Å². The molecule has 10 heteroatoms. The lowest BCUT2D eigenvalue weighted by Gasteiger charge is -2.23. The van der Waals surface area contributed by atoms with Gasteiger partial charge in [0.15, 0.2) is 16.6 Å². The van der Waals surface area contributed by atoms with Crippen molar-refractivity contribution in [3.8, 4) is 23.0 Å². The van der Waals surface area contributed by atoms with Crippen LogP contribution in [0.3, 0.4) is 0 Å². The Hall–Kier alpha value is -4.57. The molecule has 2 N–H and O–H groups in total. The van der Waals surface area contributed by atoms with Gasteiger partial charge in [-0.15, -0.1) is 0 Å². The zero-order chi connectivity index (χ0) is 27.0. The van der Waals surface area contributed by atoms with Crippen LogP contribution < -0.4 is 19.1 Å². The van der Waals surface area contributed by atoms with Crippen molar-refractivity contribution in [1.82, 2.24) is 4.98 Å². The number of benzene rings is 3. The number of aliphatic hydroxyl groups excluding tert-OH is 1. The summed E-state index contributed by atoms with van der Waals surface area (Å²) in [5.74, 6) is -0.724. The van der Waals surface area contributed by atoms with Crippen molar-refractivity contribution in [2.24, 2.45) is 0 Å². The molecule has 1 amide bonds. The van der Waals surface area contributed by atoms with E-state index in [0.29, 0.717) is 34.7 Å². The van der Waals surface area contributed by atoms with Crippen LogP contribution in [0.1, 0.15) is 24.1 Å². The first-order valence-corrected chi connectivity index (χ1v) is 12.5. The number of rotatable bonds is 7. The van der Waals surface area contributed by atoms with Crippen LogP contribution in [0.15, 0.2) is 66.2 Å². The highest BCUT2D eigenvalue weighted by Gasteiger charge is 2.48. The number of ketones is 1. The number of aromatic nitrogens is 1. The number of hydrogen-bond acceptors (Lipinski definition) is 9. The summed E-state index contributed by atoms with van der Waals surface area (Å²) in [4.78, 5) is 32.8. The number of aromatic hydroxyl groups is 1. The van der Waals surface area contributed by atoms with Gasteiger partial charge in [0.25, 0.3) is 5.78 Å². The lowest BCUT2D eigenvalue weighted by atomic mass is 9.95. The van der Waals surface area contributed by atoms with Gasteiger partial charge >= 0.3 is 5.91 Å². The minimum atomic E-state index is -1.03. The number of nitrogens with zero attached hydrogens (tertiary/aromatic N) is 2. The molecule has 0 spiro atoms. The summed E-state index contributed by atoms with van der Waals surface area (Å²) in [6.45, 7) is 2.07. The van der Waals surface area contributed by atoms with E-state index in [1.165, 1.54) is 29.4 Å². The van der Waals surface area contributed by atoms with Crippen molar-refractivity contribution in [2.45, 2.75) is 13.0 Å². The fourth-order valence-electron chi connectivity index (χ4n) is 4.34. The Morgan fingerprint density at radius 1 is 1.00 bits per heavy atom. The molecule has 1 fully saturated rings. The Labute approximate surface area is 222 Å². The van der Waals surface area contributed by atoms with E-state index in [1.54, 1.807) is 68.6 Å². The predicted molar refractivity (Wildman–Crippen MR) is 143 cm³/mol. The number of amides is 1. The molecule has 1 saturated heterocycles. The quantitative estimate of drug-likeness (QED) is 0.193. The van der Waals surface area contributed by atoms with Gasteiger partial charge in [-0.3, -0.25) is 14.5 Å². The van der Waals surface area contributed by atoms with Crippen molar-refractivity contribution in [1.29, 1.82) is 0 Å². The molecule has 1 aliphatic rings. The van der Waals surface area contributed by atoms with Gasteiger partial charge < -0.3 is 24.4 Å². The Morgan fingerprint density at radius 2 is 1.71 bits per heavy atom. The fraction of sp³-hybridized carbons (Fsp3) is 0.179. The minimum absolute atomic E-state index is 0.0882. The van der Waals surface area contributed by atoms with Gasteiger partial charge in [0.1, 0.15) is 17.3 Å². The highest BCUT2D eigenvalue weighted by Crippen LogP contribution is 2.46. The maximum atomic E-state index is 13.5. The fourth-order valence-corrected chi connectivity index (χ4v) is 5.37. The summed E-state index contributed by atoms with van der Waals surface area (Å²) < 4.78 is 16.8. The largest absolute Gasteiger partial charge is 0.507 e. The SMILES string of the molecule is CCOc1cc(C2C(=C(O)c3ccc(OC)cc3)C(=O)C(=O)N2c2nc3ccc(OC)cc3s2)ccc1O. The van der Waals surface area contributed by atoms with Crippen LogP contribution in [-0.4, -0.2) is 47.7 Å². The minimum Gasteiger partial charge on any atom is -0.507 e. The third-order valence-electron chi connectivity index (χ3n) is 6.20. The number of phenolic OH excluding ortho intramolecular Hbond substituents is 1. The molecule has 2 heterocycles. The molecule has 0 aliphatic carbocycles. The monoisotopic (exact) mass is 532 g/mol. The second-order valence-electron chi connectivity index (χ2n) is 8.39. The second-order valence-corrected chi connectivity index (χ2v) is 9.40. The van der Waals surface area contributed by atoms with E-state index in [-0.39, 0.29) is 28.0 Å². The summed E-state index contributed by atoms with van der Waals surface area (Å²) in [5, 5.41) is 21.9. The molecular weight excluding hydrogens is 508 g/mol. The van der Waals surface area contributed by atoms with Gasteiger partial charge in [-0.05, 0) is 67.1 Å². The number of anilines is 1. The van der Waals surface area contributed by atoms with Crippen LogP contribution in [0, 0.1) is 0 Å². The molecule has 0 saturated carbocycles. The molecule has 1 unspecified atom stereocenters. The highest BCUT2D eigenvalue weighted by atomic mass is 32.1. The summed E-state index contributed by atoms with van der Waals surface area (Å²) in [5.41, 5.74) is 1.32. The van der Waals surface area contributed by atoms with Gasteiger partial charge in [0.2, 0.25) is 0 Å². The van der Waals surface area contributed by atoms with Crippen molar-refractivity contribution in [3.05, 3.63) is 77.4 Å². The van der Waals surface area contributed by atoms with Gasteiger partial charge in [-0.1, -0.05) is 17.4 Å². The van der Waals surface area contributed by atoms with Crippen molar-refractivity contribution >= 4 is 44.1 Å². The zero-order valence-electron chi connectivity index (χ0n) is 20.8. The number of methoxy groups -OCH3 is 2. The van der Waals surface area contributed by atoms with Crippen molar-refractivity contribution < 1.29 is 34.0 Å². The molecular formula is C28H24N2O7S. The summed E-state index contributed by atoms with van der Waals surface area (Å²) >= 11 is 1.22. The van der Waals surface area contributed by atoms with E-state index >= 15 is 0 Å². The van der Waals surface area contributed by atoms with E-state index in [1.807, 2.05) is 0 Å². The van der Waals surface area contributed by atoms with Crippen LogP contribution >= 0.6 is 11.3 Å². The van der Waals surface area contributed by atoms with Crippen molar-refractivity contribution in [2.75, 3.05) is 25.7 Å². The molecule has 5 rings (SSSR count). The summed E-state index contributed by atoms with van der Waals surface area (Å²) in [6.07, 6.45) is 0. The van der Waals surface area contributed by atoms with Gasteiger partial charge in [-0.25, -0.2) is 4.98 Å². The van der Waals surface area contributed by atoms with Crippen LogP contribution in [-0.2, 0) is 9.59 Å². The first-order chi connectivity index (χ1) is 18.4. The average Bonchev–Trinajstić information content (AvgIpc) is 3.47. The van der Waals surface area contributed by atoms with Gasteiger partial charge in [0, 0.05) is 5.56 Å². The third kappa shape index (κ3) is 4.28. The molecule has 1 atom stereocenters.